The highest BCUT2D eigenvalue weighted by Gasteiger charge is 2.14. The number of carbonyl (C=O) groups is 1. The number of amides is 1. The fraction of sp³-hybridized carbons (Fsp3) is 0.357. The first kappa shape index (κ1) is 15.5. The zero-order valence-corrected chi connectivity index (χ0v) is 13.3. The fourth-order valence-electron chi connectivity index (χ4n) is 1.79. The number of rotatable bonds is 4. The molecule has 0 aliphatic heterocycles. The molecule has 21 heavy (non-hydrogen) atoms. The van der Waals surface area contributed by atoms with Crippen molar-refractivity contribution in [2.75, 3.05) is 0 Å². The Hall–Kier alpha value is -1.86. The summed E-state index contributed by atoms with van der Waals surface area (Å²) in [4.78, 5) is 20.3. The van der Waals surface area contributed by atoms with E-state index < -0.39 is 5.91 Å². The van der Waals surface area contributed by atoms with Crippen LogP contribution in [0.4, 0.5) is 0 Å². The number of nitrogen functional groups attached to an aromatic ring is 1. The van der Waals surface area contributed by atoms with Crippen LogP contribution in [0.5, 0.6) is 0 Å². The second kappa shape index (κ2) is 6.28. The van der Waals surface area contributed by atoms with E-state index in [0.717, 1.165) is 27.7 Å². The molecule has 0 aromatic carbocycles. The number of nitrogens with zero attached hydrogens (tertiary/aromatic N) is 2. The summed E-state index contributed by atoms with van der Waals surface area (Å²) in [6.45, 7) is 7.77. The minimum Gasteiger partial charge on any atom is -0.456 e. The highest BCUT2D eigenvalue weighted by molar-refractivity contribution is 7.98. The van der Waals surface area contributed by atoms with Gasteiger partial charge in [-0.15, -0.1) is 0 Å². The maximum atomic E-state index is 11.4. The van der Waals surface area contributed by atoms with E-state index in [1.165, 1.54) is 11.8 Å². The Morgan fingerprint density at radius 3 is 2.48 bits per heavy atom. The van der Waals surface area contributed by atoms with Gasteiger partial charge in [0.05, 0.1) is 0 Å². The van der Waals surface area contributed by atoms with Crippen molar-refractivity contribution in [2.24, 2.45) is 5.84 Å². The molecule has 3 N–H and O–H groups in total. The van der Waals surface area contributed by atoms with E-state index in [0.29, 0.717) is 11.5 Å². The number of aromatic nitrogens is 2. The number of nitrogens with two attached hydrogens (primary N) is 1. The predicted molar refractivity (Wildman–Crippen MR) is 80.9 cm³/mol. The summed E-state index contributed by atoms with van der Waals surface area (Å²) >= 11 is 1.51. The van der Waals surface area contributed by atoms with Gasteiger partial charge in [0.2, 0.25) is 0 Å². The minimum atomic E-state index is -0.437. The lowest BCUT2D eigenvalue weighted by atomic mass is 10.2. The number of nitrogens with one attached hydrogen (secondary N) is 1. The second-order valence-electron chi connectivity index (χ2n) is 4.76. The molecular formula is C14H18N4O2S. The highest BCUT2D eigenvalue weighted by Crippen LogP contribution is 2.25. The molecule has 0 atom stereocenters. The molecule has 0 spiro atoms. The average Bonchev–Trinajstić information content (AvgIpc) is 2.82. The van der Waals surface area contributed by atoms with Gasteiger partial charge in [-0.2, -0.15) is 0 Å². The fourth-order valence-corrected chi connectivity index (χ4v) is 2.77. The normalized spacial score (nSPS) is 10.7. The summed E-state index contributed by atoms with van der Waals surface area (Å²) in [5.74, 6) is 6.19. The molecule has 0 unspecified atom stereocenters. The Labute approximate surface area is 127 Å². The second-order valence-corrected chi connectivity index (χ2v) is 5.70. The molecule has 0 saturated heterocycles. The molecule has 2 heterocycles. The summed E-state index contributed by atoms with van der Waals surface area (Å²) in [6, 6.07) is 1.69. The molecule has 0 aliphatic rings. The van der Waals surface area contributed by atoms with Crippen molar-refractivity contribution in [3.05, 3.63) is 40.1 Å². The number of hydrogen-bond donors (Lipinski definition) is 2. The van der Waals surface area contributed by atoms with Crippen LogP contribution in [0, 0.1) is 27.7 Å². The van der Waals surface area contributed by atoms with Crippen LogP contribution in [0.2, 0.25) is 0 Å². The van der Waals surface area contributed by atoms with Crippen molar-refractivity contribution in [1.29, 1.82) is 0 Å². The number of aryl methyl sites for hydroxylation is 3. The van der Waals surface area contributed by atoms with E-state index in [2.05, 4.69) is 15.4 Å². The van der Waals surface area contributed by atoms with Gasteiger partial charge in [-0.1, -0.05) is 11.8 Å². The summed E-state index contributed by atoms with van der Waals surface area (Å²) in [6.07, 6.45) is 0. The Morgan fingerprint density at radius 1 is 1.29 bits per heavy atom. The Kier molecular flexibility index (Phi) is 4.64. The molecule has 0 fully saturated rings. The molecular weight excluding hydrogens is 288 g/mol. The van der Waals surface area contributed by atoms with Crippen LogP contribution in [0.15, 0.2) is 15.6 Å². The molecule has 112 valence electrons. The lowest BCUT2D eigenvalue weighted by Crippen LogP contribution is -2.29. The van der Waals surface area contributed by atoms with Crippen LogP contribution < -0.4 is 11.3 Å². The van der Waals surface area contributed by atoms with Gasteiger partial charge in [0, 0.05) is 22.7 Å². The standard InChI is InChI=1S/C14H18N4O2S/c1-7-8(2)16-14(17-9(7)3)21-6-11-5-12(13(19)18-15)20-10(11)4/h5H,6,15H2,1-4H3,(H,18,19). The van der Waals surface area contributed by atoms with Crippen molar-refractivity contribution in [1.82, 2.24) is 15.4 Å². The summed E-state index contributed by atoms with van der Waals surface area (Å²) in [5.41, 5.74) is 6.06. The van der Waals surface area contributed by atoms with E-state index in [1.54, 1.807) is 6.07 Å². The number of carbonyl (C=O) groups excluding carboxylic acids is 1. The molecule has 0 radical (unpaired) electrons. The molecule has 0 saturated carbocycles. The third kappa shape index (κ3) is 3.43. The van der Waals surface area contributed by atoms with Crippen LogP contribution in [-0.4, -0.2) is 15.9 Å². The molecule has 1 amide bonds. The van der Waals surface area contributed by atoms with Crippen molar-refractivity contribution in [3.63, 3.8) is 0 Å². The van der Waals surface area contributed by atoms with E-state index in [4.69, 9.17) is 10.3 Å². The average molecular weight is 306 g/mol. The first-order chi connectivity index (χ1) is 9.92. The quantitative estimate of drug-likeness (QED) is 0.296. The first-order valence-electron chi connectivity index (χ1n) is 6.47. The zero-order valence-electron chi connectivity index (χ0n) is 12.5. The van der Waals surface area contributed by atoms with Gasteiger partial charge in [-0.05, 0) is 39.3 Å². The number of furan rings is 1. The molecule has 2 aromatic rings. The highest BCUT2D eigenvalue weighted by atomic mass is 32.2. The van der Waals surface area contributed by atoms with Gasteiger partial charge >= 0.3 is 5.91 Å². The topological polar surface area (TPSA) is 94.0 Å². The van der Waals surface area contributed by atoms with Gasteiger partial charge in [0.25, 0.3) is 0 Å². The van der Waals surface area contributed by atoms with Crippen LogP contribution in [-0.2, 0) is 5.75 Å². The minimum absolute atomic E-state index is 0.211. The maximum Gasteiger partial charge on any atom is 0.300 e. The monoisotopic (exact) mass is 306 g/mol. The molecule has 0 bridgehead atoms. The van der Waals surface area contributed by atoms with Crippen molar-refractivity contribution >= 4 is 17.7 Å². The summed E-state index contributed by atoms with van der Waals surface area (Å²) in [5, 5.41) is 0.723. The van der Waals surface area contributed by atoms with Gasteiger partial charge in [-0.25, -0.2) is 15.8 Å². The first-order valence-corrected chi connectivity index (χ1v) is 7.45. The predicted octanol–water partition coefficient (Wildman–Crippen LogP) is 2.20. The zero-order chi connectivity index (χ0) is 15.6. The molecule has 7 heteroatoms. The smallest absolute Gasteiger partial charge is 0.300 e. The number of thioether (sulfide) groups is 1. The lowest BCUT2D eigenvalue weighted by molar-refractivity contribution is 0.0924. The third-order valence-corrected chi connectivity index (χ3v) is 4.24. The molecule has 0 aliphatic carbocycles. The van der Waals surface area contributed by atoms with Crippen molar-refractivity contribution in [3.8, 4) is 0 Å². The maximum absolute atomic E-state index is 11.4. The third-order valence-electron chi connectivity index (χ3n) is 3.34. The number of hydrogen-bond acceptors (Lipinski definition) is 6. The lowest BCUT2D eigenvalue weighted by Gasteiger charge is -2.06. The van der Waals surface area contributed by atoms with Crippen LogP contribution in [0.3, 0.4) is 0 Å². The number of hydrazine groups is 1. The van der Waals surface area contributed by atoms with E-state index in [1.807, 2.05) is 27.7 Å². The van der Waals surface area contributed by atoms with Crippen LogP contribution >= 0.6 is 11.8 Å². The summed E-state index contributed by atoms with van der Waals surface area (Å²) in [7, 11) is 0. The van der Waals surface area contributed by atoms with E-state index >= 15 is 0 Å². The van der Waals surface area contributed by atoms with Crippen LogP contribution in [0.25, 0.3) is 0 Å². The van der Waals surface area contributed by atoms with Crippen molar-refractivity contribution in [2.45, 2.75) is 38.6 Å². The Balaban J connectivity index is 2.13. The molecule has 2 aromatic heterocycles. The Morgan fingerprint density at radius 2 is 1.90 bits per heavy atom. The molecule has 6 nitrogen and oxygen atoms in total. The summed E-state index contributed by atoms with van der Waals surface area (Å²) < 4.78 is 5.38. The Bertz CT molecular complexity index is 659. The van der Waals surface area contributed by atoms with Crippen molar-refractivity contribution < 1.29 is 9.21 Å². The van der Waals surface area contributed by atoms with Gasteiger partial charge < -0.3 is 4.42 Å². The van der Waals surface area contributed by atoms with E-state index in [9.17, 15) is 4.79 Å². The van der Waals surface area contributed by atoms with Crippen LogP contribution in [0.1, 0.15) is 38.8 Å². The van der Waals surface area contributed by atoms with Gasteiger partial charge in [-0.3, -0.25) is 10.2 Å². The van der Waals surface area contributed by atoms with E-state index in [-0.39, 0.29) is 5.76 Å². The van der Waals surface area contributed by atoms with Gasteiger partial charge in [0.15, 0.2) is 10.9 Å². The largest absolute Gasteiger partial charge is 0.456 e. The molecule has 2 rings (SSSR count). The SMILES string of the molecule is Cc1nc(SCc2cc(C(=O)NN)oc2C)nc(C)c1C. The van der Waals surface area contributed by atoms with Gasteiger partial charge in [0.1, 0.15) is 5.76 Å².